The molecule has 1 aliphatic carbocycles. The SMILES string of the molecule is CC(C=O)C1=CC=CCCCCCCCC1. The highest BCUT2D eigenvalue weighted by molar-refractivity contribution is 5.58. The molecule has 0 saturated heterocycles. The maximum atomic E-state index is 10.8. The minimum Gasteiger partial charge on any atom is -0.303 e. The van der Waals surface area contributed by atoms with Crippen LogP contribution in [-0.4, -0.2) is 6.29 Å². The molecule has 1 atom stereocenters. The number of carbonyl (C=O) groups excluding carboxylic acids is 1. The Hall–Kier alpha value is -0.850. The fourth-order valence-corrected chi connectivity index (χ4v) is 2.14. The largest absolute Gasteiger partial charge is 0.303 e. The summed E-state index contributed by atoms with van der Waals surface area (Å²) in [6.45, 7) is 2.00. The summed E-state index contributed by atoms with van der Waals surface area (Å²) in [7, 11) is 0. The van der Waals surface area contributed by atoms with E-state index in [-0.39, 0.29) is 5.92 Å². The van der Waals surface area contributed by atoms with Gasteiger partial charge in [-0.1, -0.05) is 56.4 Å². The average Bonchev–Trinajstić information content (AvgIpc) is 2.29. The van der Waals surface area contributed by atoms with Gasteiger partial charge in [0.1, 0.15) is 6.29 Å². The molecule has 1 aliphatic rings. The minimum atomic E-state index is 0.0904. The van der Waals surface area contributed by atoms with Crippen LogP contribution >= 0.6 is 0 Å². The molecule has 1 nitrogen and oxygen atoms in total. The molecule has 0 aromatic rings. The first kappa shape index (κ1) is 13.2. The second-order valence-corrected chi connectivity index (χ2v) is 4.75. The first-order valence-corrected chi connectivity index (χ1v) is 6.65. The normalized spacial score (nSPS) is 21.4. The van der Waals surface area contributed by atoms with Gasteiger partial charge in [-0.2, -0.15) is 0 Å². The van der Waals surface area contributed by atoms with Crippen molar-refractivity contribution in [3.63, 3.8) is 0 Å². The van der Waals surface area contributed by atoms with Crippen LogP contribution in [0, 0.1) is 5.92 Å². The maximum Gasteiger partial charge on any atom is 0.126 e. The zero-order valence-electron chi connectivity index (χ0n) is 10.5. The molecule has 0 spiro atoms. The molecule has 0 N–H and O–H groups in total. The minimum absolute atomic E-state index is 0.0904. The van der Waals surface area contributed by atoms with Crippen LogP contribution in [0.3, 0.4) is 0 Å². The number of hydrogen-bond donors (Lipinski definition) is 0. The fraction of sp³-hybridized carbons (Fsp3) is 0.667. The average molecular weight is 220 g/mol. The van der Waals surface area contributed by atoms with Crippen LogP contribution in [-0.2, 0) is 4.79 Å². The maximum absolute atomic E-state index is 10.8. The number of allylic oxidation sites excluding steroid dienone is 4. The van der Waals surface area contributed by atoms with Gasteiger partial charge in [0.2, 0.25) is 0 Å². The van der Waals surface area contributed by atoms with Crippen molar-refractivity contribution in [1.82, 2.24) is 0 Å². The number of carbonyl (C=O) groups is 1. The van der Waals surface area contributed by atoms with Crippen molar-refractivity contribution in [2.75, 3.05) is 0 Å². The van der Waals surface area contributed by atoms with Gasteiger partial charge in [0.25, 0.3) is 0 Å². The lowest BCUT2D eigenvalue weighted by atomic mass is 9.95. The van der Waals surface area contributed by atoms with Crippen LogP contribution in [0.4, 0.5) is 0 Å². The second kappa shape index (κ2) is 8.32. The van der Waals surface area contributed by atoms with Crippen molar-refractivity contribution >= 4 is 6.29 Å². The Morgan fingerprint density at radius 1 is 1.12 bits per heavy atom. The van der Waals surface area contributed by atoms with Gasteiger partial charge < -0.3 is 4.79 Å². The van der Waals surface area contributed by atoms with Gasteiger partial charge >= 0.3 is 0 Å². The van der Waals surface area contributed by atoms with Crippen molar-refractivity contribution in [2.24, 2.45) is 5.92 Å². The summed E-state index contributed by atoms with van der Waals surface area (Å²) in [5.74, 6) is 0.0904. The summed E-state index contributed by atoms with van der Waals surface area (Å²) in [4.78, 5) is 10.8. The smallest absolute Gasteiger partial charge is 0.126 e. The summed E-state index contributed by atoms with van der Waals surface area (Å²) in [6, 6.07) is 0. The van der Waals surface area contributed by atoms with E-state index in [4.69, 9.17) is 0 Å². The highest BCUT2D eigenvalue weighted by atomic mass is 16.1. The molecule has 0 saturated carbocycles. The lowest BCUT2D eigenvalue weighted by Gasteiger charge is -2.10. The van der Waals surface area contributed by atoms with Gasteiger partial charge in [-0.05, 0) is 25.7 Å². The van der Waals surface area contributed by atoms with Crippen molar-refractivity contribution in [3.05, 3.63) is 23.8 Å². The molecular weight excluding hydrogens is 196 g/mol. The number of aldehydes is 1. The van der Waals surface area contributed by atoms with Crippen LogP contribution < -0.4 is 0 Å². The van der Waals surface area contributed by atoms with Crippen molar-refractivity contribution in [2.45, 2.75) is 58.3 Å². The molecule has 16 heavy (non-hydrogen) atoms. The first-order chi connectivity index (χ1) is 7.84. The summed E-state index contributed by atoms with van der Waals surface area (Å²) < 4.78 is 0. The van der Waals surface area contributed by atoms with Crippen molar-refractivity contribution in [1.29, 1.82) is 0 Å². The molecule has 1 rings (SSSR count). The van der Waals surface area contributed by atoms with E-state index < -0.39 is 0 Å². The third kappa shape index (κ3) is 5.29. The van der Waals surface area contributed by atoms with E-state index in [9.17, 15) is 4.79 Å². The molecule has 0 radical (unpaired) electrons. The Labute approximate surface area is 99.6 Å². The summed E-state index contributed by atoms with van der Waals surface area (Å²) in [5.41, 5.74) is 1.30. The molecule has 1 heteroatoms. The van der Waals surface area contributed by atoms with Crippen molar-refractivity contribution < 1.29 is 4.79 Å². The molecule has 0 heterocycles. The molecule has 0 amide bonds. The molecule has 0 fully saturated rings. The summed E-state index contributed by atoms with van der Waals surface area (Å²) >= 11 is 0. The summed E-state index contributed by atoms with van der Waals surface area (Å²) in [6.07, 6.45) is 17.8. The monoisotopic (exact) mass is 220 g/mol. The van der Waals surface area contributed by atoms with Gasteiger partial charge in [-0.15, -0.1) is 0 Å². The van der Waals surface area contributed by atoms with Crippen LogP contribution in [0.15, 0.2) is 23.8 Å². The number of rotatable bonds is 2. The first-order valence-electron chi connectivity index (χ1n) is 6.65. The highest BCUT2D eigenvalue weighted by Crippen LogP contribution is 2.19. The Morgan fingerprint density at radius 2 is 1.81 bits per heavy atom. The van der Waals surface area contributed by atoms with Crippen LogP contribution in [0.2, 0.25) is 0 Å². The van der Waals surface area contributed by atoms with E-state index in [1.165, 1.54) is 50.5 Å². The molecule has 90 valence electrons. The van der Waals surface area contributed by atoms with E-state index in [0.29, 0.717) is 0 Å². The van der Waals surface area contributed by atoms with E-state index in [0.717, 1.165) is 12.7 Å². The lowest BCUT2D eigenvalue weighted by molar-refractivity contribution is -0.109. The lowest BCUT2D eigenvalue weighted by Crippen LogP contribution is -2.01. The third-order valence-electron chi connectivity index (χ3n) is 3.32. The second-order valence-electron chi connectivity index (χ2n) is 4.75. The molecule has 0 aliphatic heterocycles. The Morgan fingerprint density at radius 3 is 2.56 bits per heavy atom. The van der Waals surface area contributed by atoms with Crippen LogP contribution in [0.5, 0.6) is 0 Å². The van der Waals surface area contributed by atoms with E-state index in [1.807, 2.05) is 6.92 Å². The quantitative estimate of drug-likeness (QED) is 0.629. The van der Waals surface area contributed by atoms with Gasteiger partial charge in [0.15, 0.2) is 0 Å². The topological polar surface area (TPSA) is 17.1 Å². The van der Waals surface area contributed by atoms with Gasteiger partial charge in [0.05, 0.1) is 0 Å². The van der Waals surface area contributed by atoms with Crippen molar-refractivity contribution in [3.8, 4) is 0 Å². The van der Waals surface area contributed by atoms with Gasteiger partial charge in [-0.25, -0.2) is 0 Å². The molecule has 0 aromatic carbocycles. The van der Waals surface area contributed by atoms with E-state index in [1.54, 1.807) is 0 Å². The molecule has 1 unspecified atom stereocenters. The fourth-order valence-electron chi connectivity index (χ4n) is 2.14. The van der Waals surface area contributed by atoms with E-state index >= 15 is 0 Å². The zero-order chi connectivity index (χ0) is 11.6. The van der Waals surface area contributed by atoms with Crippen LogP contribution in [0.1, 0.15) is 58.3 Å². The van der Waals surface area contributed by atoms with Crippen LogP contribution in [0.25, 0.3) is 0 Å². The highest BCUT2D eigenvalue weighted by Gasteiger charge is 2.06. The third-order valence-corrected chi connectivity index (χ3v) is 3.32. The Balaban J connectivity index is 2.57. The molecule has 0 bridgehead atoms. The predicted octanol–water partition coefficient (Wildman–Crippen LogP) is 4.44. The standard InChI is InChI=1S/C15H24O/c1-14(13-16)15-11-9-7-5-3-2-4-6-8-10-12-15/h7,9,11,13-14H,2-6,8,10,12H2,1H3. The zero-order valence-corrected chi connectivity index (χ0v) is 10.5. The Kier molecular flexibility index (Phi) is 6.87. The molecule has 0 aromatic heterocycles. The number of hydrogen-bond acceptors (Lipinski definition) is 1. The summed E-state index contributed by atoms with van der Waals surface area (Å²) in [5, 5.41) is 0. The van der Waals surface area contributed by atoms with E-state index in [2.05, 4.69) is 18.2 Å². The predicted molar refractivity (Wildman–Crippen MR) is 69.4 cm³/mol. The van der Waals surface area contributed by atoms with Gasteiger partial charge in [-0.3, -0.25) is 0 Å². The molecular formula is C15H24O. The Bertz CT molecular complexity index is 250. The van der Waals surface area contributed by atoms with Gasteiger partial charge in [0, 0.05) is 5.92 Å².